The molecule has 84 valence electrons. The first-order valence-corrected chi connectivity index (χ1v) is 4.87. The van der Waals surface area contributed by atoms with Crippen LogP contribution in [0.1, 0.15) is 10.5 Å². The van der Waals surface area contributed by atoms with Crippen molar-refractivity contribution in [2.45, 2.75) is 0 Å². The number of methoxy groups -OCH3 is 1. The maximum atomic E-state index is 11.4. The fraction of sp³-hybridized carbons (Fsp3) is 0.273. The monoisotopic (exact) mass is 219 g/mol. The topological polar surface area (TPSA) is 58.2 Å². The number of carbonyl (C=O) groups excluding carboxylic acids is 1. The van der Waals surface area contributed by atoms with E-state index in [-0.39, 0.29) is 0 Å². The molecule has 1 aromatic carbocycles. The maximum absolute atomic E-state index is 11.4. The van der Waals surface area contributed by atoms with Crippen molar-refractivity contribution >= 4 is 22.6 Å². The van der Waals surface area contributed by atoms with Crippen molar-refractivity contribution in [2.75, 3.05) is 26.1 Å². The summed E-state index contributed by atoms with van der Waals surface area (Å²) in [5.74, 6) is -0.427. The Morgan fingerprint density at radius 1 is 1.44 bits per heavy atom. The first-order valence-electron chi connectivity index (χ1n) is 4.87. The van der Waals surface area contributed by atoms with E-state index in [0.717, 1.165) is 16.6 Å². The third-order valence-corrected chi connectivity index (χ3v) is 2.44. The Bertz CT molecular complexity index is 531. The van der Waals surface area contributed by atoms with E-state index in [1.807, 2.05) is 37.2 Å². The summed E-state index contributed by atoms with van der Waals surface area (Å²) in [6.07, 6.45) is 0. The molecule has 0 amide bonds. The minimum absolute atomic E-state index is 0.322. The van der Waals surface area contributed by atoms with Crippen molar-refractivity contribution in [3.63, 3.8) is 0 Å². The predicted molar refractivity (Wildman–Crippen MR) is 61.8 cm³/mol. The highest BCUT2D eigenvalue weighted by atomic mass is 16.5. The summed E-state index contributed by atoms with van der Waals surface area (Å²) >= 11 is 0. The predicted octanol–water partition coefficient (Wildman–Crippen LogP) is 1.42. The van der Waals surface area contributed by atoms with Crippen LogP contribution >= 0.6 is 0 Å². The molecule has 16 heavy (non-hydrogen) atoms. The molecule has 0 aliphatic rings. The molecule has 0 aliphatic carbocycles. The fourth-order valence-corrected chi connectivity index (χ4v) is 1.54. The van der Waals surface area contributed by atoms with E-state index in [9.17, 15) is 4.79 Å². The summed E-state index contributed by atoms with van der Waals surface area (Å²) in [4.78, 5) is 13.4. The van der Waals surface area contributed by atoms with Gasteiger partial charge in [-0.1, -0.05) is 0 Å². The van der Waals surface area contributed by atoms with E-state index in [1.54, 1.807) is 0 Å². The minimum atomic E-state index is -0.427. The number of anilines is 1. The fourth-order valence-electron chi connectivity index (χ4n) is 1.54. The highest BCUT2D eigenvalue weighted by molar-refractivity contribution is 6.02. The summed E-state index contributed by atoms with van der Waals surface area (Å²) in [6, 6.07) is 5.74. The van der Waals surface area contributed by atoms with Gasteiger partial charge in [0.1, 0.15) is 0 Å². The molecule has 0 spiro atoms. The Morgan fingerprint density at radius 2 is 2.19 bits per heavy atom. The third kappa shape index (κ3) is 1.60. The Morgan fingerprint density at radius 3 is 2.81 bits per heavy atom. The van der Waals surface area contributed by atoms with Crippen LogP contribution in [0, 0.1) is 0 Å². The number of H-pyrrole nitrogens is 1. The number of nitrogens with zero attached hydrogens (tertiary/aromatic N) is 2. The maximum Gasteiger partial charge on any atom is 0.359 e. The summed E-state index contributed by atoms with van der Waals surface area (Å²) < 4.78 is 4.65. The highest BCUT2D eigenvalue weighted by Crippen LogP contribution is 2.21. The molecule has 1 heterocycles. The van der Waals surface area contributed by atoms with E-state index in [2.05, 4.69) is 14.9 Å². The zero-order chi connectivity index (χ0) is 11.7. The number of hydrogen-bond acceptors (Lipinski definition) is 4. The van der Waals surface area contributed by atoms with Crippen LogP contribution in [0.15, 0.2) is 18.2 Å². The number of aromatic amines is 1. The first-order chi connectivity index (χ1) is 7.63. The van der Waals surface area contributed by atoms with Gasteiger partial charge in [0.2, 0.25) is 0 Å². The smallest absolute Gasteiger partial charge is 0.359 e. The lowest BCUT2D eigenvalue weighted by Crippen LogP contribution is -2.08. The van der Waals surface area contributed by atoms with Gasteiger partial charge in [0, 0.05) is 25.2 Å². The number of aromatic nitrogens is 2. The molecule has 1 aromatic heterocycles. The molecule has 2 rings (SSSR count). The number of fused-ring (bicyclic) bond motifs is 1. The molecule has 0 bridgehead atoms. The van der Waals surface area contributed by atoms with Gasteiger partial charge in [0.05, 0.1) is 12.6 Å². The van der Waals surface area contributed by atoms with Gasteiger partial charge in [0.25, 0.3) is 0 Å². The molecule has 0 fully saturated rings. The average molecular weight is 219 g/mol. The summed E-state index contributed by atoms with van der Waals surface area (Å²) in [5, 5.41) is 7.55. The van der Waals surface area contributed by atoms with Gasteiger partial charge >= 0.3 is 5.97 Å². The van der Waals surface area contributed by atoms with Crippen LogP contribution in [0.25, 0.3) is 10.9 Å². The van der Waals surface area contributed by atoms with Crippen LogP contribution in [-0.4, -0.2) is 37.4 Å². The quantitative estimate of drug-likeness (QED) is 0.776. The van der Waals surface area contributed by atoms with E-state index in [1.165, 1.54) is 7.11 Å². The van der Waals surface area contributed by atoms with Crippen LogP contribution < -0.4 is 4.90 Å². The SMILES string of the molecule is COC(=O)c1n[nH]c2cc(N(C)C)ccc12. The zero-order valence-corrected chi connectivity index (χ0v) is 9.44. The lowest BCUT2D eigenvalue weighted by Gasteiger charge is -2.11. The van der Waals surface area contributed by atoms with Crippen molar-refractivity contribution in [3.8, 4) is 0 Å². The lowest BCUT2D eigenvalue weighted by atomic mass is 10.2. The molecule has 0 saturated carbocycles. The summed E-state index contributed by atoms with van der Waals surface area (Å²) in [6.45, 7) is 0. The van der Waals surface area contributed by atoms with Gasteiger partial charge in [-0.2, -0.15) is 5.10 Å². The van der Waals surface area contributed by atoms with Crippen molar-refractivity contribution in [1.29, 1.82) is 0 Å². The number of esters is 1. The summed E-state index contributed by atoms with van der Waals surface area (Å²) in [7, 11) is 5.26. The van der Waals surface area contributed by atoms with E-state index >= 15 is 0 Å². The Balaban J connectivity index is 2.54. The van der Waals surface area contributed by atoms with E-state index < -0.39 is 5.97 Å². The molecule has 0 atom stereocenters. The van der Waals surface area contributed by atoms with Gasteiger partial charge in [-0.25, -0.2) is 4.79 Å². The molecule has 0 saturated heterocycles. The van der Waals surface area contributed by atoms with Crippen molar-refractivity contribution in [2.24, 2.45) is 0 Å². The Labute approximate surface area is 93.0 Å². The van der Waals surface area contributed by atoms with Crippen LogP contribution in [0.4, 0.5) is 5.69 Å². The van der Waals surface area contributed by atoms with Crippen molar-refractivity contribution in [1.82, 2.24) is 10.2 Å². The molecular formula is C11H13N3O2. The molecule has 0 aliphatic heterocycles. The molecule has 0 unspecified atom stereocenters. The van der Waals surface area contributed by atoms with Gasteiger partial charge in [-0.05, 0) is 18.2 Å². The van der Waals surface area contributed by atoms with Crippen molar-refractivity contribution in [3.05, 3.63) is 23.9 Å². The largest absolute Gasteiger partial charge is 0.464 e. The standard InChI is InChI=1S/C11H13N3O2/c1-14(2)7-4-5-8-9(6-7)12-13-10(8)11(15)16-3/h4-6H,1-3H3,(H,12,13). The van der Waals surface area contributed by atoms with Crippen LogP contribution in [0.2, 0.25) is 0 Å². The number of benzene rings is 1. The van der Waals surface area contributed by atoms with Crippen LogP contribution in [0.3, 0.4) is 0 Å². The van der Waals surface area contributed by atoms with Crippen molar-refractivity contribution < 1.29 is 9.53 Å². The number of ether oxygens (including phenoxy) is 1. The average Bonchev–Trinajstić information content (AvgIpc) is 2.70. The normalized spacial score (nSPS) is 10.4. The number of carbonyl (C=O) groups is 1. The summed E-state index contributed by atoms with van der Waals surface area (Å²) in [5.41, 5.74) is 2.20. The number of rotatable bonds is 2. The van der Waals surface area contributed by atoms with Crippen LogP contribution in [-0.2, 0) is 4.74 Å². The molecule has 0 radical (unpaired) electrons. The highest BCUT2D eigenvalue weighted by Gasteiger charge is 2.14. The first kappa shape index (κ1) is 10.5. The molecular weight excluding hydrogens is 206 g/mol. The second-order valence-corrected chi connectivity index (χ2v) is 3.69. The second-order valence-electron chi connectivity index (χ2n) is 3.69. The molecule has 5 heteroatoms. The molecule has 2 aromatic rings. The zero-order valence-electron chi connectivity index (χ0n) is 9.44. The van der Waals surface area contributed by atoms with Gasteiger partial charge in [-0.15, -0.1) is 0 Å². The molecule has 1 N–H and O–H groups in total. The van der Waals surface area contributed by atoms with Crippen LogP contribution in [0.5, 0.6) is 0 Å². The Hall–Kier alpha value is -2.04. The number of nitrogens with one attached hydrogen (secondary N) is 1. The number of hydrogen-bond donors (Lipinski definition) is 1. The van der Waals surface area contributed by atoms with E-state index in [4.69, 9.17) is 0 Å². The Kier molecular flexibility index (Phi) is 2.52. The second kappa shape index (κ2) is 3.84. The van der Waals surface area contributed by atoms with Gasteiger partial charge in [-0.3, -0.25) is 5.10 Å². The lowest BCUT2D eigenvalue weighted by molar-refractivity contribution is 0.0596. The third-order valence-electron chi connectivity index (χ3n) is 2.44. The van der Waals surface area contributed by atoms with Gasteiger partial charge < -0.3 is 9.64 Å². The molecule has 5 nitrogen and oxygen atoms in total. The van der Waals surface area contributed by atoms with E-state index in [0.29, 0.717) is 5.69 Å². The minimum Gasteiger partial charge on any atom is -0.464 e. The van der Waals surface area contributed by atoms with Gasteiger partial charge in [0.15, 0.2) is 5.69 Å².